The number of carbonyl (C=O) groups is 1. The van der Waals surface area contributed by atoms with Crippen LogP contribution in [0, 0.1) is 10.1 Å². The number of carbonyl (C=O) groups excluding carboxylic acids is 1. The van der Waals surface area contributed by atoms with Crippen molar-refractivity contribution in [2.45, 2.75) is 12.5 Å². The van der Waals surface area contributed by atoms with Crippen LogP contribution in [-0.4, -0.2) is 22.5 Å². The van der Waals surface area contributed by atoms with Crippen LogP contribution in [0.1, 0.15) is 28.6 Å². The number of nitro groups is 1. The average Bonchev–Trinajstić information content (AvgIpc) is 3.01. The van der Waals surface area contributed by atoms with Crippen molar-refractivity contribution in [2.24, 2.45) is 0 Å². The summed E-state index contributed by atoms with van der Waals surface area (Å²) < 4.78 is 5.05. The molecule has 0 fully saturated rings. The van der Waals surface area contributed by atoms with Crippen molar-refractivity contribution < 1.29 is 19.2 Å². The Morgan fingerprint density at radius 1 is 1.33 bits per heavy atom. The third-order valence-corrected chi connectivity index (χ3v) is 2.92. The zero-order valence-corrected chi connectivity index (χ0v) is 11.1. The van der Waals surface area contributed by atoms with Gasteiger partial charge in [0.15, 0.2) is 0 Å². The number of rotatable bonds is 6. The Balaban J connectivity index is 1.83. The standard InChI is InChI=1S/C14H14N2O5/c17-12(13-2-1-9-21-13)7-8-15-14(18)10-3-5-11(6-4-10)16(19)20/h1-6,9,12,17H,7-8H2,(H,15,18). The highest BCUT2D eigenvalue weighted by Crippen LogP contribution is 2.16. The van der Waals surface area contributed by atoms with Gasteiger partial charge in [0.1, 0.15) is 11.9 Å². The van der Waals surface area contributed by atoms with Gasteiger partial charge in [0.05, 0.1) is 11.2 Å². The van der Waals surface area contributed by atoms with Crippen LogP contribution in [0.4, 0.5) is 5.69 Å². The van der Waals surface area contributed by atoms with Crippen LogP contribution in [0.3, 0.4) is 0 Å². The molecule has 0 saturated carbocycles. The number of furan rings is 1. The van der Waals surface area contributed by atoms with E-state index in [1.54, 1.807) is 12.1 Å². The minimum Gasteiger partial charge on any atom is -0.467 e. The molecular weight excluding hydrogens is 276 g/mol. The molecule has 1 amide bonds. The first-order valence-electron chi connectivity index (χ1n) is 6.32. The monoisotopic (exact) mass is 290 g/mol. The van der Waals surface area contributed by atoms with Gasteiger partial charge in [0.2, 0.25) is 0 Å². The predicted molar refractivity (Wildman–Crippen MR) is 73.7 cm³/mol. The van der Waals surface area contributed by atoms with E-state index in [4.69, 9.17) is 4.42 Å². The molecule has 1 aromatic carbocycles. The molecule has 0 saturated heterocycles. The SMILES string of the molecule is O=C(NCCC(O)c1ccco1)c1ccc([N+](=O)[O-])cc1. The predicted octanol–water partition coefficient (Wildman–Crippen LogP) is 2.04. The Morgan fingerprint density at radius 3 is 2.62 bits per heavy atom. The summed E-state index contributed by atoms with van der Waals surface area (Å²) in [6, 6.07) is 8.64. The molecule has 21 heavy (non-hydrogen) atoms. The number of nitro benzene ring substituents is 1. The van der Waals surface area contributed by atoms with Crippen molar-refractivity contribution in [2.75, 3.05) is 6.54 Å². The molecule has 0 aliphatic heterocycles. The molecule has 2 N–H and O–H groups in total. The van der Waals surface area contributed by atoms with E-state index in [-0.39, 0.29) is 18.1 Å². The van der Waals surface area contributed by atoms with E-state index in [0.29, 0.717) is 17.7 Å². The maximum Gasteiger partial charge on any atom is 0.269 e. The van der Waals surface area contributed by atoms with Gasteiger partial charge < -0.3 is 14.8 Å². The molecule has 0 bridgehead atoms. The van der Waals surface area contributed by atoms with Crippen LogP contribution >= 0.6 is 0 Å². The molecule has 1 aromatic heterocycles. The number of aliphatic hydroxyl groups is 1. The van der Waals surface area contributed by atoms with Crippen molar-refractivity contribution in [3.8, 4) is 0 Å². The second-order valence-corrected chi connectivity index (χ2v) is 4.38. The van der Waals surface area contributed by atoms with Gasteiger partial charge in [-0.1, -0.05) is 0 Å². The quantitative estimate of drug-likeness (QED) is 0.625. The molecule has 110 valence electrons. The number of amides is 1. The highest BCUT2D eigenvalue weighted by atomic mass is 16.6. The van der Waals surface area contributed by atoms with Crippen LogP contribution in [0.2, 0.25) is 0 Å². The summed E-state index contributed by atoms with van der Waals surface area (Å²) in [4.78, 5) is 21.8. The lowest BCUT2D eigenvalue weighted by Crippen LogP contribution is -2.25. The van der Waals surface area contributed by atoms with Gasteiger partial charge in [0.25, 0.3) is 11.6 Å². The molecule has 1 unspecified atom stereocenters. The van der Waals surface area contributed by atoms with E-state index in [0.717, 1.165) is 0 Å². The van der Waals surface area contributed by atoms with Gasteiger partial charge in [-0.3, -0.25) is 14.9 Å². The second kappa shape index (κ2) is 6.67. The lowest BCUT2D eigenvalue weighted by atomic mass is 10.1. The molecule has 7 nitrogen and oxygen atoms in total. The number of hydrogen-bond acceptors (Lipinski definition) is 5. The highest BCUT2D eigenvalue weighted by Gasteiger charge is 2.12. The van der Waals surface area contributed by atoms with Crippen LogP contribution in [0.5, 0.6) is 0 Å². The Morgan fingerprint density at radius 2 is 2.05 bits per heavy atom. The number of hydrogen-bond donors (Lipinski definition) is 2. The van der Waals surface area contributed by atoms with Crippen molar-refractivity contribution in [1.29, 1.82) is 0 Å². The van der Waals surface area contributed by atoms with Crippen molar-refractivity contribution in [1.82, 2.24) is 5.32 Å². The van der Waals surface area contributed by atoms with Gasteiger partial charge in [-0.2, -0.15) is 0 Å². The van der Waals surface area contributed by atoms with E-state index in [2.05, 4.69) is 5.32 Å². The van der Waals surface area contributed by atoms with E-state index in [1.807, 2.05) is 0 Å². The number of nitrogens with zero attached hydrogens (tertiary/aromatic N) is 1. The summed E-state index contributed by atoms with van der Waals surface area (Å²) in [6.45, 7) is 0.262. The number of nitrogens with one attached hydrogen (secondary N) is 1. The van der Waals surface area contributed by atoms with Crippen LogP contribution in [-0.2, 0) is 0 Å². The van der Waals surface area contributed by atoms with Gasteiger partial charge >= 0.3 is 0 Å². The first-order chi connectivity index (χ1) is 10.1. The molecular formula is C14H14N2O5. The molecule has 0 aliphatic rings. The first kappa shape index (κ1) is 14.7. The van der Waals surface area contributed by atoms with Gasteiger partial charge in [-0.05, 0) is 30.7 Å². The van der Waals surface area contributed by atoms with E-state index in [1.165, 1.54) is 30.5 Å². The van der Waals surface area contributed by atoms with Gasteiger partial charge in [-0.25, -0.2) is 0 Å². The lowest BCUT2D eigenvalue weighted by molar-refractivity contribution is -0.384. The summed E-state index contributed by atoms with van der Waals surface area (Å²) in [5.41, 5.74) is 0.257. The normalized spacial score (nSPS) is 11.9. The van der Waals surface area contributed by atoms with Gasteiger partial charge in [-0.15, -0.1) is 0 Å². The Kier molecular flexibility index (Phi) is 4.68. The summed E-state index contributed by atoms with van der Waals surface area (Å²) in [6.07, 6.45) is 0.998. The molecule has 0 spiro atoms. The summed E-state index contributed by atoms with van der Waals surface area (Å²) in [5, 5.41) is 22.9. The van der Waals surface area contributed by atoms with Crippen LogP contribution < -0.4 is 5.32 Å². The van der Waals surface area contributed by atoms with Crippen molar-refractivity contribution in [3.05, 3.63) is 64.1 Å². The third-order valence-electron chi connectivity index (χ3n) is 2.92. The fraction of sp³-hybridized carbons (Fsp3) is 0.214. The molecule has 1 atom stereocenters. The number of benzene rings is 1. The molecule has 0 radical (unpaired) electrons. The summed E-state index contributed by atoms with van der Waals surface area (Å²) in [5.74, 6) is 0.0936. The number of non-ortho nitro benzene ring substituents is 1. The molecule has 1 heterocycles. The van der Waals surface area contributed by atoms with E-state index >= 15 is 0 Å². The fourth-order valence-electron chi connectivity index (χ4n) is 1.78. The fourth-order valence-corrected chi connectivity index (χ4v) is 1.78. The largest absolute Gasteiger partial charge is 0.467 e. The zero-order chi connectivity index (χ0) is 15.2. The molecule has 2 aromatic rings. The summed E-state index contributed by atoms with van der Waals surface area (Å²) >= 11 is 0. The minimum absolute atomic E-state index is 0.0696. The Bertz CT molecular complexity index is 607. The lowest BCUT2D eigenvalue weighted by Gasteiger charge is -2.09. The van der Waals surface area contributed by atoms with E-state index < -0.39 is 11.0 Å². The van der Waals surface area contributed by atoms with Crippen molar-refractivity contribution in [3.63, 3.8) is 0 Å². The third kappa shape index (κ3) is 3.90. The maximum absolute atomic E-state index is 11.8. The minimum atomic E-state index is -0.780. The van der Waals surface area contributed by atoms with Gasteiger partial charge in [0, 0.05) is 24.2 Å². The second-order valence-electron chi connectivity index (χ2n) is 4.38. The Labute approximate surface area is 120 Å². The number of aliphatic hydroxyl groups excluding tert-OH is 1. The first-order valence-corrected chi connectivity index (χ1v) is 6.32. The topological polar surface area (TPSA) is 106 Å². The van der Waals surface area contributed by atoms with Crippen LogP contribution in [0.15, 0.2) is 47.1 Å². The maximum atomic E-state index is 11.8. The zero-order valence-electron chi connectivity index (χ0n) is 11.1. The Hall–Kier alpha value is -2.67. The average molecular weight is 290 g/mol. The molecule has 7 heteroatoms. The smallest absolute Gasteiger partial charge is 0.269 e. The molecule has 0 aliphatic carbocycles. The molecule has 2 rings (SSSR count). The highest BCUT2D eigenvalue weighted by molar-refractivity contribution is 5.94. The van der Waals surface area contributed by atoms with Crippen LogP contribution in [0.25, 0.3) is 0 Å². The van der Waals surface area contributed by atoms with E-state index in [9.17, 15) is 20.0 Å². The van der Waals surface area contributed by atoms with Crippen molar-refractivity contribution >= 4 is 11.6 Å². The summed E-state index contributed by atoms with van der Waals surface area (Å²) in [7, 11) is 0.